The lowest BCUT2D eigenvalue weighted by atomic mass is 10.1. The Bertz CT molecular complexity index is 976. The Morgan fingerprint density at radius 2 is 1.84 bits per heavy atom. The van der Waals surface area contributed by atoms with Gasteiger partial charge in [-0.3, -0.25) is 0 Å². The van der Waals surface area contributed by atoms with E-state index in [9.17, 15) is 0 Å². The first-order valence-electron chi connectivity index (χ1n) is 8.91. The molecule has 0 saturated heterocycles. The van der Waals surface area contributed by atoms with E-state index < -0.39 is 0 Å². The van der Waals surface area contributed by atoms with Crippen LogP contribution in [0.1, 0.15) is 30.1 Å². The van der Waals surface area contributed by atoms with Gasteiger partial charge < -0.3 is 8.97 Å². The summed E-state index contributed by atoms with van der Waals surface area (Å²) in [6.07, 6.45) is 9.66. The van der Waals surface area contributed by atoms with Crippen molar-refractivity contribution in [3.8, 4) is 11.3 Å². The van der Waals surface area contributed by atoms with Crippen LogP contribution in [0.4, 0.5) is 0 Å². The zero-order valence-corrected chi connectivity index (χ0v) is 14.0. The Hall–Kier alpha value is -2.88. The second-order valence-electron chi connectivity index (χ2n) is 6.76. The molecule has 1 saturated carbocycles. The number of aryl methyl sites for hydroxylation is 2. The number of hydrogen-bond acceptors (Lipinski definition) is 2. The zero-order chi connectivity index (χ0) is 16.6. The molecule has 0 aliphatic heterocycles. The first kappa shape index (κ1) is 14.5. The van der Waals surface area contributed by atoms with E-state index in [4.69, 9.17) is 9.97 Å². The van der Waals surface area contributed by atoms with Crippen LogP contribution in [0.3, 0.4) is 0 Å². The summed E-state index contributed by atoms with van der Waals surface area (Å²) in [6.45, 7) is 0.926. The summed E-state index contributed by atoms with van der Waals surface area (Å²) in [5.74, 6) is 0.666. The van der Waals surface area contributed by atoms with Crippen molar-refractivity contribution < 1.29 is 0 Å². The van der Waals surface area contributed by atoms with Crippen molar-refractivity contribution in [2.45, 2.75) is 31.7 Å². The van der Waals surface area contributed by atoms with E-state index in [1.807, 2.05) is 30.7 Å². The third-order valence-corrected chi connectivity index (χ3v) is 4.91. The Morgan fingerprint density at radius 3 is 2.64 bits per heavy atom. The number of benzene rings is 1. The molecule has 3 heterocycles. The van der Waals surface area contributed by atoms with Crippen molar-refractivity contribution in [1.29, 1.82) is 0 Å². The largest absolute Gasteiger partial charge is 0.333 e. The number of hydrogen-bond donors (Lipinski definition) is 0. The quantitative estimate of drug-likeness (QED) is 0.547. The van der Waals surface area contributed by atoms with Gasteiger partial charge >= 0.3 is 0 Å². The molecule has 0 spiro atoms. The van der Waals surface area contributed by atoms with E-state index in [1.165, 1.54) is 24.1 Å². The van der Waals surface area contributed by atoms with E-state index in [-0.39, 0.29) is 0 Å². The molecule has 25 heavy (non-hydrogen) atoms. The number of imidazole rings is 2. The fraction of sp³-hybridized carbons (Fsp3) is 0.238. The van der Waals surface area contributed by atoms with Crippen LogP contribution in [0.25, 0.3) is 16.9 Å². The minimum Gasteiger partial charge on any atom is -0.333 e. The summed E-state index contributed by atoms with van der Waals surface area (Å²) >= 11 is 0. The van der Waals surface area contributed by atoms with Gasteiger partial charge in [0.2, 0.25) is 0 Å². The van der Waals surface area contributed by atoms with Gasteiger partial charge in [0.05, 0.1) is 17.7 Å². The summed E-state index contributed by atoms with van der Waals surface area (Å²) in [5, 5.41) is 0. The van der Waals surface area contributed by atoms with E-state index in [0.29, 0.717) is 5.92 Å². The smallest absolute Gasteiger partial charge is 0.136 e. The molecule has 0 atom stereocenters. The molecule has 1 fully saturated rings. The summed E-state index contributed by atoms with van der Waals surface area (Å²) in [7, 11) is 0. The summed E-state index contributed by atoms with van der Waals surface area (Å²) in [6, 6.07) is 16.6. The van der Waals surface area contributed by atoms with Crippen LogP contribution in [0.5, 0.6) is 0 Å². The molecule has 0 radical (unpaired) electrons. The highest BCUT2D eigenvalue weighted by Crippen LogP contribution is 2.44. The molecule has 0 amide bonds. The van der Waals surface area contributed by atoms with E-state index >= 15 is 0 Å². The lowest BCUT2D eigenvalue weighted by Gasteiger charge is -2.08. The van der Waals surface area contributed by atoms with Crippen molar-refractivity contribution in [2.24, 2.45) is 0 Å². The highest BCUT2D eigenvalue weighted by molar-refractivity contribution is 5.63. The maximum absolute atomic E-state index is 4.74. The lowest BCUT2D eigenvalue weighted by molar-refractivity contribution is 0.655. The Balaban J connectivity index is 1.43. The lowest BCUT2D eigenvalue weighted by Crippen LogP contribution is -2.04. The molecule has 4 nitrogen and oxygen atoms in total. The monoisotopic (exact) mass is 328 g/mol. The van der Waals surface area contributed by atoms with Gasteiger partial charge in [0.15, 0.2) is 0 Å². The molecule has 5 rings (SSSR count). The van der Waals surface area contributed by atoms with Gasteiger partial charge in [-0.25, -0.2) is 9.97 Å². The molecule has 1 aromatic carbocycles. The first-order valence-corrected chi connectivity index (χ1v) is 8.91. The van der Waals surface area contributed by atoms with Gasteiger partial charge in [0.25, 0.3) is 0 Å². The predicted octanol–water partition coefficient (Wildman–Crippen LogP) is 4.32. The van der Waals surface area contributed by atoms with Crippen molar-refractivity contribution in [3.05, 3.63) is 78.6 Å². The predicted molar refractivity (Wildman–Crippen MR) is 98.5 cm³/mol. The highest BCUT2D eigenvalue weighted by Gasteiger charge is 2.30. The summed E-state index contributed by atoms with van der Waals surface area (Å²) < 4.78 is 4.42. The van der Waals surface area contributed by atoms with Crippen LogP contribution in [0.2, 0.25) is 0 Å². The second-order valence-corrected chi connectivity index (χ2v) is 6.76. The second kappa shape index (κ2) is 5.88. The minimum atomic E-state index is 0.666. The van der Waals surface area contributed by atoms with Crippen molar-refractivity contribution in [3.63, 3.8) is 0 Å². The number of pyridine rings is 1. The van der Waals surface area contributed by atoms with Gasteiger partial charge in [-0.2, -0.15) is 0 Å². The van der Waals surface area contributed by atoms with Crippen LogP contribution in [0.15, 0.2) is 67.3 Å². The molecule has 4 heteroatoms. The molecule has 0 bridgehead atoms. The highest BCUT2D eigenvalue weighted by atomic mass is 15.1. The standard InChI is InChI=1S/C21H20N4/c1-2-6-16(7-3-1)20-21(17-9-10-17)25(15-22-20)13-11-18-14-24-12-5-4-8-19(24)23-18/h1-8,12,14-15,17H,9-11,13H2. The topological polar surface area (TPSA) is 35.1 Å². The number of aromatic nitrogens is 4. The molecular weight excluding hydrogens is 308 g/mol. The van der Waals surface area contributed by atoms with E-state index in [2.05, 4.69) is 45.5 Å². The van der Waals surface area contributed by atoms with Crippen LogP contribution in [0, 0.1) is 0 Å². The molecule has 1 aliphatic rings. The van der Waals surface area contributed by atoms with Crippen LogP contribution >= 0.6 is 0 Å². The van der Waals surface area contributed by atoms with Crippen LogP contribution in [-0.2, 0) is 13.0 Å². The molecule has 3 aromatic heterocycles. The number of fused-ring (bicyclic) bond motifs is 1. The van der Waals surface area contributed by atoms with Crippen molar-refractivity contribution in [1.82, 2.24) is 18.9 Å². The fourth-order valence-corrected chi connectivity index (χ4v) is 3.52. The molecule has 1 aliphatic carbocycles. The van der Waals surface area contributed by atoms with E-state index in [1.54, 1.807) is 0 Å². The minimum absolute atomic E-state index is 0.666. The Kier molecular flexibility index (Phi) is 3.40. The molecular formula is C21H20N4. The maximum Gasteiger partial charge on any atom is 0.136 e. The molecule has 0 N–H and O–H groups in total. The normalized spacial score (nSPS) is 14.2. The van der Waals surface area contributed by atoms with Crippen molar-refractivity contribution in [2.75, 3.05) is 0 Å². The van der Waals surface area contributed by atoms with E-state index in [0.717, 1.165) is 30.0 Å². The summed E-state index contributed by atoms with van der Waals surface area (Å²) in [4.78, 5) is 9.45. The molecule has 0 unspecified atom stereocenters. The fourth-order valence-electron chi connectivity index (χ4n) is 3.52. The van der Waals surface area contributed by atoms with Crippen molar-refractivity contribution >= 4 is 5.65 Å². The zero-order valence-electron chi connectivity index (χ0n) is 14.0. The molecule has 4 aromatic rings. The third-order valence-electron chi connectivity index (χ3n) is 4.91. The number of rotatable bonds is 5. The van der Waals surface area contributed by atoms with Gasteiger partial charge in [0, 0.05) is 42.5 Å². The average molecular weight is 328 g/mol. The summed E-state index contributed by atoms with van der Waals surface area (Å²) in [5.41, 5.74) is 5.90. The Morgan fingerprint density at radius 1 is 1.00 bits per heavy atom. The third kappa shape index (κ3) is 2.74. The number of nitrogens with zero attached hydrogens (tertiary/aromatic N) is 4. The van der Waals surface area contributed by atoms with Gasteiger partial charge in [-0.15, -0.1) is 0 Å². The van der Waals surface area contributed by atoms with Gasteiger partial charge in [-0.1, -0.05) is 36.4 Å². The Labute approximate surface area is 146 Å². The SMILES string of the molecule is c1ccc(-c2ncn(CCc3cn4ccccc4n3)c2C2CC2)cc1. The van der Waals surface area contributed by atoms with Crippen LogP contribution < -0.4 is 0 Å². The maximum atomic E-state index is 4.74. The molecule has 124 valence electrons. The van der Waals surface area contributed by atoms with Crippen LogP contribution in [-0.4, -0.2) is 18.9 Å². The van der Waals surface area contributed by atoms with Gasteiger partial charge in [-0.05, 0) is 25.0 Å². The van der Waals surface area contributed by atoms with Gasteiger partial charge in [0.1, 0.15) is 5.65 Å². The first-order chi connectivity index (χ1) is 12.4. The average Bonchev–Trinajstić information content (AvgIpc) is 3.27.